The van der Waals surface area contributed by atoms with Gasteiger partial charge >= 0.3 is 0 Å². The molecular formula is C16H23N3O3S. The second kappa shape index (κ2) is 8.59. The van der Waals surface area contributed by atoms with Gasteiger partial charge in [-0.1, -0.05) is 32.9 Å². The first-order valence-electron chi connectivity index (χ1n) is 7.24. The number of anilines is 1. The predicted molar refractivity (Wildman–Crippen MR) is 94.5 cm³/mol. The number of carbonyl (C=O) groups excluding carboxylic acids is 2. The lowest BCUT2D eigenvalue weighted by molar-refractivity contribution is -0.126. The molecule has 7 heteroatoms. The van der Waals surface area contributed by atoms with Crippen LogP contribution in [0.3, 0.4) is 0 Å². The van der Waals surface area contributed by atoms with Gasteiger partial charge in [0.25, 0.3) is 5.91 Å². The molecule has 0 bridgehead atoms. The Balaban J connectivity index is 2.75. The van der Waals surface area contributed by atoms with E-state index in [2.05, 4.69) is 16.0 Å². The fourth-order valence-electron chi connectivity index (χ4n) is 1.60. The normalized spacial score (nSPS) is 10.8. The van der Waals surface area contributed by atoms with Crippen LogP contribution in [-0.2, 0) is 9.53 Å². The highest BCUT2D eigenvalue weighted by Gasteiger charge is 2.22. The number of rotatable bonds is 5. The summed E-state index contributed by atoms with van der Waals surface area (Å²) >= 11 is 5.14. The van der Waals surface area contributed by atoms with Crippen LogP contribution in [0.5, 0.6) is 0 Å². The molecule has 0 radical (unpaired) electrons. The maximum atomic E-state index is 12.2. The minimum atomic E-state index is -0.553. The van der Waals surface area contributed by atoms with E-state index in [0.29, 0.717) is 24.4 Å². The van der Waals surface area contributed by atoms with Crippen molar-refractivity contribution in [2.24, 2.45) is 5.41 Å². The Kier molecular flexibility index (Phi) is 7.12. The number of ether oxygens (including phenoxy) is 1. The third kappa shape index (κ3) is 6.33. The fraction of sp³-hybridized carbons (Fsp3) is 0.438. The van der Waals surface area contributed by atoms with Gasteiger partial charge in [-0.15, -0.1) is 0 Å². The van der Waals surface area contributed by atoms with E-state index in [1.807, 2.05) is 0 Å². The molecule has 23 heavy (non-hydrogen) atoms. The topological polar surface area (TPSA) is 79.5 Å². The third-order valence-electron chi connectivity index (χ3n) is 2.92. The number of para-hydroxylation sites is 1. The lowest BCUT2D eigenvalue weighted by Crippen LogP contribution is -2.41. The van der Waals surface area contributed by atoms with E-state index >= 15 is 0 Å². The molecule has 0 saturated heterocycles. The monoisotopic (exact) mass is 337 g/mol. The van der Waals surface area contributed by atoms with Gasteiger partial charge in [-0.2, -0.15) is 0 Å². The highest BCUT2D eigenvalue weighted by Crippen LogP contribution is 2.16. The van der Waals surface area contributed by atoms with Crippen molar-refractivity contribution in [3.05, 3.63) is 29.8 Å². The zero-order valence-electron chi connectivity index (χ0n) is 13.9. The summed E-state index contributed by atoms with van der Waals surface area (Å²) in [7, 11) is 1.57. The Morgan fingerprint density at radius 1 is 1.22 bits per heavy atom. The Morgan fingerprint density at radius 2 is 1.87 bits per heavy atom. The SMILES string of the molecule is COCCNC(=O)c1ccccc1NC(=S)NC(=O)C(C)(C)C. The molecule has 3 N–H and O–H groups in total. The maximum Gasteiger partial charge on any atom is 0.253 e. The standard InChI is InChI=1S/C16H23N3O3S/c1-16(2,3)14(21)19-15(23)18-12-8-6-5-7-11(12)13(20)17-9-10-22-4/h5-8H,9-10H2,1-4H3,(H,17,20)(H2,18,19,21,23). The van der Waals surface area contributed by atoms with E-state index in [-0.39, 0.29) is 16.9 Å². The van der Waals surface area contributed by atoms with Crippen molar-refractivity contribution in [2.75, 3.05) is 25.6 Å². The van der Waals surface area contributed by atoms with Crippen molar-refractivity contribution in [1.29, 1.82) is 0 Å². The molecule has 2 amide bonds. The molecular weight excluding hydrogens is 314 g/mol. The van der Waals surface area contributed by atoms with Gasteiger partial charge in [-0.25, -0.2) is 0 Å². The van der Waals surface area contributed by atoms with Crippen molar-refractivity contribution in [1.82, 2.24) is 10.6 Å². The first kappa shape index (κ1) is 19.1. The third-order valence-corrected chi connectivity index (χ3v) is 3.12. The Labute approximate surface area is 142 Å². The van der Waals surface area contributed by atoms with E-state index in [4.69, 9.17) is 17.0 Å². The average molecular weight is 337 g/mol. The summed E-state index contributed by atoms with van der Waals surface area (Å²) in [6.45, 7) is 6.22. The summed E-state index contributed by atoms with van der Waals surface area (Å²) in [6.07, 6.45) is 0. The van der Waals surface area contributed by atoms with Gasteiger partial charge in [-0.05, 0) is 24.4 Å². The maximum absolute atomic E-state index is 12.2. The molecule has 0 aliphatic carbocycles. The van der Waals surface area contributed by atoms with Gasteiger partial charge in [-0.3, -0.25) is 9.59 Å². The molecule has 1 rings (SSSR count). The van der Waals surface area contributed by atoms with Gasteiger partial charge in [0.2, 0.25) is 5.91 Å². The van der Waals surface area contributed by atoms with Crippen molar-refractivity contribution >= 4 is 34.8 Å². The second-order valence-corrected chi connectivity index (χ2v) is 6.36. The fourth-order valence-corrected chi connectivity index (χ4v) is 1.80. The Hall–Kier alpha value is -1.99. The average Bonchev–Trinajstić information content (AvgIpc) is 2.46. The van der Waals surface area contributed by atoms with E-state index in [1.165, 1.54) is 0 Å². The number of methoxy groups -OCH3 is 1. The minimum Gasteiger partial charge on any atom is -0.383 e. The first-order chi connectivity index (χ1) is 10.8. The van der Waals surface area contributed by atoms with E-state index < -0.39 is 5.41 Å². The molecule has 0 aromatic heterocycles. The highest BCUT2D eigenvalue weighted by molar-refractivity contribution is 7.80. The number of amides is 2. The summed E-state index contributed by atoms with van der Waals surface area (Å²) in [4.78, 5) is 24.1. The van der Waals surface area contributed by atoms with Crippen LogP contribution in [0.1, 0.15) is 31.1 Å². The Morgan fingerprint density at radius 3 is 2.48 bits per heavy atom. The smallest absolute Gasteiger partial charge is 0.253 e. The quantitative estimate of drug-likeness (QED) is 0.565. The molecule has 0 aliphatic heterocycles. The number of carbonyl (C=O) groups is 2. The van der Waals surface area contributed by atoms with E-state index in [0.717, 1.165) is 0 Å². The summed E-state index contributed by atoms with van der Waals surface area (Å²) in [6, 6.07) is 6.94. The summed E-state index contributed by atoms with van der Waals surface area (Å²) in [5.41, 5.74) is 0.417. The van der Waals surface area contributed by atoms with Gasteiger partial charge in [0, 0.05) is 19.1 Å². The minimum absolute atomic E-state index is 0.155. The van der Waals surface area contributed by atoms with Crippen molar-refractivity contribution < 1.29 is 14.3 Å². The highest BCUT2D eigenvalue weighted by atomic mass is 32.1. The molecule has 6 nitrogen and oxygen atoms in total. The van der Waals surface area contributed by atoms with Crippen LogP contribution < -0.4 is 16.0 Å². The zero-order valence-corrected chi connectivity index (χ0v) is 14.7. The van der Waals surface area contributed by atoms with Crippen LogP contribution >= 0.6 is 12.2 Å². The van der Waals surface area contributed by atoms with E-state index in [1.54, 1.807) is 52.1 Å². The van der Waals surface area contributed by atoms with Gasteiger partial charge in [0.1, 0.15) is 0 Å². The lowest BCUT2D eigenvalue weighted by Gasteiger charge is -2.19. The van der Waals surface area contributed by atoms with Crippen LogP contribution in [0.4, 0.5) is 5.69 Å². The van der Waals surface area contributed by atoms with Crippen LogP contribution in [0.15, 0.2) is 24.3 Å². The van der Waals surface area contributed by atoms with E-state index in [9.17, 15) is 9.59 Å². The molecule has 0 aliphatic rings. The van der Waals surface area contributed by atoms with Crippen LogP contribution in [-0.4, -0.2) is 37.2 Å². The predicted octanol–water partition coefficient (Wildman–Crippen LogP) is 1.92. The largest absolute Gasteiger partial charge is 0.383 e. The molecule has 126 valence electrons. The van der Waals surface area contributed by atoms with Crippen molar-refractivity contribution in [3.63, 3.8) is 0 Å². The lowest BCUT2D eigenvalue weighted by atomic mass is 9.96. The molecule has 0 fully saturated rings. The number of nitrogens with one attached hydrogen (secondary N) is 3. The first-order valence-corrected chi connectivity index (χ1v) is 7.65. The summed E-state index contributed by atoms with van der Waals surface area (Å²) < 4.78 is 4.90. The summed E-state index contributed by atoms with van der Waals surface area (Å²) in [5.74, 6) is -0.438. The number of benzene rings is 1. The molecule has 0 unspecified atom stereocenters. The van der Waals surface area contributed by atoms with Crippen molar-refractivity contribution in [3.8, 4) is 0 Å². The molecule has 0 saturated carbocycles. The number of hydrogen-bond acceptors (Lipinski definition) is 4. The Bertz CT molecular complexity index is 582. The number of hydrogen-bond donors (Lipinski definition) is 3. The van der Waals surface area contributed by atoms with Crippen LogP contribution in [0, 0.1) is 5.41 Å². The second-order valence-electron chi connectivity index (χ2n) is 5.95. The number of thiocarbonyl (C=S) groups is 1. The zero-order chi connectivity index (χ0) is 17.5. The molecule has 0 atom stereocenters. The van der Waals surface area contributed by atoms with Gasteiger partial charge in [0.05, 0.1) is 17.9 Å². The van der Waals surface area contributed by atoms with Crippen LogP contribution in [0.2, 0.25) is 0 Å². The van der Waals surface area contributed by atoms with Gasteiger partial charge < -0.3 is 20.7 Å². The molecule has 1 aromatic carbocycles. The summed E-state index contributed by atoms with van der Waals surface area (Å²) in [5, 5.41) is 8.41. The van der Waals surface area contributed by atoms with Crippen LogP contribution in [0.25, 0.3) is 0 Å². The van der Waals surface area contributed by atoms with Crippen molar-refractivity contribution in [2.45, 2.75) is 20.8 Å². The molecule has 0 heterocycles. The van der Waals surface area contributed by atoms with Gasteiger partial charge in [0.15, 0.2) is 5.11 Å². The molecule has 0 spiro atoms. The molecule has 1 aromatic rings.